The molecule has 0 aliphatic heterocycles. The van der Waals surface area contributed by atoms with Gasteiger partial charge in [-0.1, -0.05) is 259 Å². The molecule has 85 heavy (non-hydrogen) atoms. The third-order valence-electron chi connectivity index (χ3n) is 16.4. The lowest BCUT2D eigenvalue weighted by molar-refractivity contribution is -0.124. The molecular weight excluding hydrogens is 1070 g/mol. The summed E-state index contributed by atoms with van der Waals surface area (Å²) in [4.78, 5) is 79.1. The molecule has 2 rings (SSSR count). The van der Waals surface area contributed by atoms with Gasteiger partial charge in [0.05, 0.1) is 0 Å². The van der Waals surface area contributed by atoms with Gasteiger partial charge in [-0.05, 0) is 80.8 Å². The molecule has 2 aromatic rings. The van der Waals surface area contributed by atoms with Crippen molar-refractivity contribution in [3.05, 3.63) is 47.5 Å². The third kappa shape index (κ3) is 36.9. The zero-order valence-corrected chi connectivity index (χ0v) is 54.8. The molecule has 0 aliphatic rings. The largest absolute Gasteiger partial charge is 0.445 e. The first-order valence-electron chi connectivity index (χ1n) is 33.9. The minimum atomic E-state index is -0.840. The summed E-state index contributed by atoms with van der Waals surface area (Å²) in [5, 5.41) is 22.8. The van der Waals surface area contributed by atoms with E-state index in [1.54, 1.807) is 57.2 Å². The summed E-state index contributed by atoms with van der Waals surface area (Å²) in [6.07, 6.45) is 40.1. The monoisotopic (exact) mass is 1190 g/mol. The highest BCUT2D eigenvalue weighted by molar-refractivity contribution is 5.96. The predicted octanol–water partition coefficient (Wildman–Crippen LogP) is 18.3. The summed E-state index contributed by atoms with van der Waals surface area (Å²) in [5.74, 6) is -0.625. The van der Waals surface area contributed by atoms with Crippen LogP contribution in [0.25, 0.3) is 0 Å². The summed E-state index contributed by atoms with van der Waals surface area (Å²) in [6.45, 7) is 18.4. The number of hydrogen-bond donors (Lipinski definition) is 8. The minimum absolute atomic E-state index is 0.102. The maximum atomic E-state index is 13.3. The van der Waals surface area contributed by atoms with Crippen molar-refractivity contribution >= 4 is 58.8 Å². The highest BCUT2D eigenvalue weighted by Gasteiger charge is 2.27. The van der Waals surface area contributed by atoms with Gasteiger partial charge in [0, 0.05) is 35.8 Å². The van der Waals surface area contributed by atoms with Crippen LogP contribution in [0.15, 0.2) is 36.4 Å². The lowest BCUT2D eigenvalue weighted by Gasteiger charge is -2.24. The number of hydrogen-bond acceptors (Lipinski definition) is 8. The molecule has 0 bridgehead atoms. The van der Waals surface area contributed by atoms with Gasteiger partial charge in [-0.3, -0.25) is 20.2 Å². The van der Waals surface area contributed by atoms with E-state index >= 15 is 0 Å². The van der Waals surface area contributed by atoms with Crippen molar-refractivity contribution in [1.82, 2.24) is 21.3 Å². The van der Waals surface area contributed by atoms with Gasteiger partial charge in [-0.2, -0.15) is 0 Å². The molecule has 16 nitrogen and oxygen atoms in total. The number of unbranched alkanes of at least 4 members (excludes halogenated alkanes) is 30. The summed E-state index contributed by atoms with van der Waals surface area (Å²) >= 11 is 0. The van der Waals surface area contributed by atoms with Gasteiger partial charge < -0.3 is 41.4 Å². The molecule has 2 aromatic carbocycles. The number of amides is 8. The van der Waals surface area contributed by atoms with Crippen LogP contribution in [-0.4, -0.2) is 73.9 Å². The average molecular weight is 1190 g/mol. The van der Waals surface area contributed by atoms with E-state index in [-0.39, 0.29) is 30.3 Å². The molecule has 0 heterocycles. The van der Waals surface area contributed by atoms with E-state index in [0.717, 1.165) is 38.5 Å². The fourth-order valence-corrected chi connectivity index (χ4v) is 10.4. The van der Waals surface area contributed by atoms with Gasteiger partial charge in [-0.25, -0.2) is 19.2 Å². The molecule has 1 unspecified atom stereocenters. The van der Waals surface area contributed by atoms with Crippen LogP contribution in [0.3, 0.4) is 0 Å². The number of anilines is 4. The van der Waals surface area contributed by atoms with Crippen molar-refractivity contribution in [3.8, 4) is 0 Å². The smallest absolute Gasteiger partial charge is 0.412 e. The number of carbonyl (C=O) groups excluding carboxylic acids is 6. The first-order chi connectivity index (χ1) is 41.1. The maximum Gasteiger partial charge on any atom is 0.412 e. The quantitative estimate of drug-likeness (QED) is 0.0297. The highest BCUT2D eigenvalue weighted by Crippen LogP contribution is 2.24. The van der Waals surface area contributed by atoms with Crippen molar-refractivity contribution in [2.75, 3.05) is 41.0 Å². The fraction of sp³-hybridized carbons (Fsp3) is 0.739. The zero-order valence-electron chi connectivity index (χ0n) is 54.8. The Bertz CT molecular complexity index is 2140. The van der Waals surface area contributed by atoms with Crippen LogP contribution in [0.5, 0.6) is 0 Å². The molecule has 0 fully saturated rings. The fourth-order valence-electron chi connectivity index (χ4n) is 10.4. The minimum Gasteiger partial charge on any atom is -0.445 e. The van der Waals surface area contributed by atoms with Gasteiger partial charge >= 0.3 is 24.2 Å². The molecule has 484 valence electrons. The van der Waals surface area contributed by atoms with Gasteiger partial charge in [0.2, 0.25) is 11.8 Å². The van der Waals surface area contributed by atoms with Crippen LogP contribution in [0.2, 0.25) is 0 Å². The Morgan fingerprint density at radius 3 is 1.02 bits per heavy atom. The van der Waals surface area contributed by atoms with Crippen LogP contribution >= 0.6 is 0 Å². The summed E-state index contributed by atoms with van der Waals surface area (Å²) < 4.78 is 10.9. The number of carbonyl (C=O) groups is 6. The molecule has 8 amide bonds. The van der Waals surface area contributed by atoms with E-state index < -0.39 is 42.4 Å². The summed E-state index contributed by atoms with van der Waals surface area (Å²) in [5.41, 5.74) is 2.98. The first-order valence-corrected chi connectivity index (χ1v) is 33.9. The highest BCUT2D eigenvalue weighted by atomic mass is 16.6. The number of rotatable bonds is 49. The maximum absolute atomic E-state index is 13.3. The van der Waals surface area contributed by atoms with Crippen LogP contribution < -0.4 is 42.5 Å². The Labute approximate surface area is 515 Å². The summed E-state index contributed by atoms with van der Waals surface area (Å²) in [7, 11) is 0. The topological polar surface area (TPSA) is 217 Å². The number of aryl methyl sites for hydroxylation is 2. The molecule has 0 radical (unpaired) electrons. The third-order valence-corrected chi connectivity index (χ3v) is 16.4. The van der Waals surface area contributed by atoms with E-state index in [0.29, 0.717) is 59.8 Å². The van der Waals surface area contributed by atoms with Crippen molar-refractivity contribution in [2.45, 2.75) is 299 Å². The molecular formula is C69H120N8O8. The molecule has 0 saturated heterocycles. The Balaban J connectivity index is 1.72. The Hall–Kier alpha value is -5.54. The molecule has 16 heteroatoms. The zero-order chi connectivity index (χ0) is 62.3. The second-order valence-electron chi connectivity index (χ2n) is 24.2. The lowest BCUT2D eigenvalue weighted by atomic mass is 9.98. The molecule has 8 N–H and O–H groups in total. The number of benzene rings is 2. The Morgan fingerprint density at radius 1 is 0.400 bits per heavy atom. The van der Waals surface area contributed by atoms with Crippen molar-refractivity contribution in [2.24, 2.45) is 11.8 Å². The average Bonchev–Trinajstić information content (AvgIpc) is 3.68. The van der Waals surface area contributed by atoms with Gasteiger partial charge in [0.1, 0.15) is 24.8 Å². The second kappa shape index (κ2) is 48.6. The van der Waals surface area contributed by atoms with Crippen molar-refractivity contribution in [3.63, 3.8) is 0 Å². The van der Waals surface area contributed by atoms with Gasteiger partial charge in [0.25, 0.3) is 0 Å². The van der Waals surface area contributed by atoms with Crippen molar-refractivity contribution < 1.29 is 38.2 Å². The van der Waals surface area contributed by atoms with Crippen LogP contribution in [0.1, 0.15) is 278 Å². The van der Waals surface area contributed by atoms with Crippen LogP contribution in [0.4, 0.5) is 41.9 Å². The normalized spacial score (nSPS) is 12.9. The summed E-state index contributed by atoms with van der Waals surface area (Å²) in [6, 6.07) is 7.53. The Kier molecular flexibility index (Phi) is 43.2. The molecule has 5 atom stereocenters. The van der Waals surface area contributed by atoms with E-state index in [2.05, 4.69) is 56.4 Å². The van der Waals surface area contributed by atoms with Gasteiger partial charge in [-0.15, -0.1) is 0 Å². The SMILES string of the molecule is CCCCCCCCCCCCCCCCCCNC(=O)[C@@H](NC(=O)Nc1ccc(C)c(NC(=O)OCC(C)OC(=O)Nc2cc(NC(=O)N[C@H](C(=O)NCCCCCCCCCCCCCCCCCC)[C@@H](C)CC)ccc2C)c1)[C@@H](C)CC. The van der Waals surface area contributed by atoms with E-state index in [1.165, 1.54) is 167 Å². The molecule has 0 aliphatic carbocycles. The van der Waals surface area contributed by atoms with E-state index in [1.807, 2.05) is 27.7 Å². The van der Waals surface area contributed by atoms with Gasteiger partial charge in [0.15, 0.2) is 0 Å². The molecule has 0 saturated carbocycles. The Morgan fingerprint density at radius 2 is 0.706 bits per heavy atom. The standard InChI is InChI=1S/C69H120N8O8/c1-10-14-16-18-20-22-24-26-28-30-32-34-36-38-40-42-48-70-64(78)62(53(5)12-3)76-66(80)72-58-46-44-55(7)60(50-58)74-68(82)84-52-57(9)85-69(83)75-61-51-59(47-45-56(61)8)73-67(81)77-63(54(6)13-4)65(79)71-49-43-41-39-37-35-33-31-29-27-25-23-21-19-17-15-11-2/h44-47,50-51,53-54,57,62-63H,10-43,48-49,52H2,1-9H3,(H,70,78)(H,71,79)(H,74,82)(H,75,83)(H2,72,76,80)(H2,73,77,81)/t53-,54-,57?,62-,63-/m0/s1. The van der Waals surface area contributed by atoms with Crippen LogP contribution in [-0.2, 0) is 19.1 Å². The molecule has 0 aromatic heterocycles. The van der Waals surface area contributed by atoms with E-state index in [4.69, 9.17) is 9.47 Å². The number of ether oxygens (including phenoxy) is 2. The van der Waals surface area contributed by atoms with Crippen LogP contribution in [0, 0.1) is 25.7 Å². The van der Waals surface area contributed by atoms with E-state index in [9.17, 15) is 28.8 Å². The predicted molar refractivity (Wildman–Crippen MR) is 353 cm³/mol. The number of urea groups is 2. The second-order valence-corrected chi connectivity index (χ2v) is 24.2. The first kappa shape index (κ1) is 75.6. The number of nitrogens with one attached hydrogen (secondary N) is 8. The van der Waals surface area contributed by atoms with Crippen molar-refractivity contribution in [1.29, 1.82) is 0 Å². The molecule has 0 spiro atoms. The lowest BCUT2D eigenvalue weighted by Crippen LogP contribution is -2.51.